The Kier molecular flexibility index (Phi) is 7.75. The van der Waals surface area contributed by atoms with Gasteiger partial charge in [-0.3, -0.25) is 9.69 Å². The van der Waals surface area contributed by atoms with Crippen molar-refractivity contribution >= 4 is 17.5 Å². The Hall–Kier alpha value is -3.06. The first-order chi connectivity index (χ1) is 17.5. The van der Waals surface area contributed by atoms with Crippen molar-refractivity contribution in [2.45, 2.75) is 44.9 Å². The number of hydrogen-bond donors (Lipinski definition) is 2. The molecule has 1 amide bonds. The molecule has 0 aliphatic carbocycles. The first kappa shape index (κ1) is 24.6. The lowest BCUT2D eigenvalue weighted by Gasteiger charge is -2.23. The molecule has 3 aromatic carbocycles. The minimum atomic E-state index is -0.188. The number of nitrogens with zero attached hydrogens (tertiary/aromatic N) is 1. The van der Waals surface area contributed by atoms with Crippen LogP contribution in [0.25, 0.3) is 0 Å². The summed E-state index contributed by atoms with van der Waals surface area (Å²) in [6.45, 7) is 5.26. The summed E-state index contributed by atoms with van der Waals surface area (Å²) < 4.78 is 10.9. The second-order valence-corrected chi connectivity index (χ2v) is 10.0. The largest absolute Gasteiger partial charge is 0.454 e. The summed E-state index contributed by atoms with van der Waals surface area (Å²) in [6, 6.07) is 22.4. The van der Waals surface area contributed by atoms with Crippen molar-refractivity contribution in [1.82, 2.24) is 15.5 Å². The predicted octanol–water partition coefficient (Wildman–Crippen LogP) is 4.47. The first-order valence-corrected chi connectivity index (χ1v) is 12.8. The molecular weight excluding hydrogens is 474 g/mol. The van der Waals surface area contributed by atoms with Crippen LogP contribution in [-0.2, 0) is 24.3 Å². The molecule has 2 atom stereocenters. The fourth-order valence-corrected chi connectivity index (χ4v) is 5.08. The van der Waals surface area contributed by atoms with Crippen molar-refractivity contribution in [2.24, 2.45) is 0 Å². The highest BCUT2D eigenvalue weighted by atomic mass is 35.5. The van der Waals surface area contributed by atoms with Crippen molar-refractivity contribution in [3.05, 3.63) is 94.0 Å². The lowest BCUT2D eigenvalue weighted by Crippen LogP contribution is -2.43. The number of amides is 1. The van der Waals surface area contributed by atoms with Gasteiger partial charge in [-0.15, -0.1) is 0 Å². The number of rotatable bonds is 9. The molecule has 36 heavy (non-hydrogen) atoms. The van der Waals surface area contributed by atoms with Gasteiger partial charge in [-0.25, -0.2) is 0 Å². The normalized spacial score (nSPS) is 18.9. The van der Waals surface area contributed by atoms with Gasteiger partial charge in [0.15, 0.2) is 11.5 Å². The molecule has 0 aromatic heterocycles. The number of fused-ring (bicyclic) bond motifs is 1. The van der Waals surface area contributed by atoms with Gasteiger partial charge in [0.1, 0.15) is 0 Å². The van der Waals surface area contributed by atoms with Crippen LogP contribution in [0.5, 0.6) is 11.5 Å². The molecule has 2 N–H and O–H groups in total. The summed E-state index contributed by atoms with van der Waals surface area (Å²) in [7, 11) is 0. The molecule has 2 heterocycles. The number of nitrogens with one attached hydrogen (secondary N) is 2. The van der Waals surface area contributed by atoms with Crippen LogP contribution in [0.15, 0.2) is 66.7 Å². The Morgan fingerprint density at radius 3 is 2.64 bits per heavy atom. The number of aryl methyl sites for hydroxylation is 1. The van der Waals surface area contributed by atoms with Crippen molar-refractivity contribution in [3.8, 4) is 11.5 Å². The molecule has 1 saturated heterocycles. The SMILES string of the molecule is Cc1cccc(CN[C@H]2C[C@@H](C(=O)NCCc3ccc4c(c3)OCO4)N(Cc3ccc(Cl)cc3)C2)c1. The van der Waals surface area contributed by atoms with Gasteiger partial charge in [0, 0.05) is 37.2 Å². The van der Waals surface area contributed by atoms with Gasteiger partial charge >= 0.3 is 0 Å². The van der Waals surface area contributed by atoms with Crippen LogP contribution < -0.4 is 20.1 Å². The van der Waals surface area contributed by atoms with E-state index in [1.165, 1.54) is 11.1 Å². The van der Waals surface area contributed by atoms with E-state index in [0.29, 0.717) is 13.1 Å². The molecule has 0 spiro atoms. The maximum Gasteiger partial charge on any atom is 0.237 e. The van der Waals surface area contributed by atoms with E-state index in [2.05, 4.69) is 46.7 Å². The van der Waals surface area contributed by atoms with Crippen LogP contribution in [0.1, 0.15) is 28.7 Å². The van der Waals surface area contributed by atoms with Crippen LogP contribution in [0, 0.1) is 6.92 Å². The summed E-state index contributed by atoms with van der Waals surface area (Å²) in [5.41, 5.74) is 4.78. The molecule has 6 nitrogen and oxygen atoms in total. The quantitative estimate of drug-likeness (QED) is 0.449. The summed E-state index contributed by atoms with van der Waals surface area (Å²) in [4.78, 5) is 15.6. The topological polar surface area (TPSA) is 62.8 Å². The number of ether oxygens (including phenoxy) is 2. The smallest absolute Gasteiger partial charge is 0.237 e. The van der Waals surface area contributed by atoms with E-state index in [0.717, 1.165) is 53.6 Å². The minimum absolute atomic E-state index is 0.0737. The fraction of sp³-hybridized carbons (Fsp3) is 0.345. The number of hydrogen-bond acceptors (Lipinski definition) is 5. The Labute approximate surface area is 217 Å². The number of halogens is 1. The molecule has 7 heteroatoms. The predicted molar refractivity (Wildman–Crippen MR) is 141 cm³/mol. The number of benzene rings is 3. The standard InChI is InChI=1S/C29H32ClN3O3/c1-20-3-2-4-23(13-20)16-32-25-15-26(33(18-25)17-22-5-8-24(30)9-6-22)29(34)31-12-11-21-7-10-27-28(14-21)36-19-35-27/h2-10,13-14,25-26,32H,11-12,15-19H2,1H3,(H,31,34)/t25-,26-/m0/s1. The van der Waals surface area contributed by atoms with Gasteiger partial charge < -0.3 is 20.1 Å². The summed E-state index contributed by atoms with van der Waals surface area (Å²) in [6.07, 6.45) is 1.51. The zero-order chi connectivity index (χ0) is 24.9. The molecule has 0 saturated carbocycles. The molecule has 0 unspecified atom stereocenters. The zero-order valence-electron chi connectivity index (χ0n) is 20.5. The summed E-state index contributed by atoms with van der Waals surface area (Å²) >= 11 is 6.08. The van der Waals surface area contributed by atoms with Crippen LogP contribution in [0.4, 0.5) is 0 Å². The average Bonchev–Trinajstić information content (AvgIpc) is 3.51. The third-order valence-electron chi connectivity index (χ3n) is 6.83. The number of likely N-dealkylation sites (tertiary alicyclic amines) is 1. The molecule has 2 aliphatic rings. The Balaban J connectivity index is 1.20. The molecule has 0 bridgehead atoms. The first-order valence-electron chi connectivity index (χ1n) is 12.5. The summed E-state index contributed by atoms with van der Waals surface area (Å²) in [5, 5.41) is 7.56. The van der Waals surface area contributed by atoms with Crippen molar-refractivity contribution in [1.29, 1.82) is 0 Å². The highest BCUT2D eigenvalue weighted by Crippen LogP contribution is 2.32. The van der Waals surface area contributed by atoms with E-state index >= 15 is 0 Å². The maximum atomic E-state index is 13.3. The second kappa shape index (κ2) is 11.3. The van der Waals surface area contributed by atoms with Crippen molar-refractivity contribution < 1.29 is 14.3 Å². The third kappa shape index (κ3) is 6.19. The number of carbonyl (C=O) groups excluding carboxylic acids is 1. The highest BCUT2D eigenvalue weighted by Gasteiger charge is 2.36. The maximum absolute atomic E-state index is 13.3. The summed E-state index contributed by atoms with van der Waals surface area (Å²) in [5.74, 6) is 1.62. The molecular formula is C29H32ClN3O3. The van der Waals surface area contributed by atoms with E-state index < -0.39 is 0 Å². The van der Waals surface area contributed by atoms with Crippen molar-refractivity contribution in [2.75, 3.05) is 19.9 Å². The van der Waals surface area contributed by atoms with Crippen LogP contribution in [0.2, 0.25) is 5.02 Å². The van der Waals surface area contributed by atoms with Crippen LogP contribution in [0.3, 0.4) is 0 Å². The highest BCUT2D eigenvalue weighted by molar-refractivity contribution is 6.30. The van der Waals surface area contributed by atoms with Gasteiger partial charge in [-0.05, 0) is 60.7 Å². The van der Waals surface area contributed by atoms with E-state index in [9.17, 15) is 4.79 Å². The molecule has 5 rings (SSSR count). The van der Waals surface area contributed by atoms with E-state index in [1.54, 1.807) is 0 Å². The average molecular weight is 506 g/mol. The monoisotopic (exact) mass is 505 g/mol. The molecule has 188 valence electrons. The molecule has 0 radical (unpaired) electrons. The van der Waals surface area contributed by atoms with Gasteiger partial charge in [0.25, 0.3) is 0 Å². The van der Waals surface area contributed by atoms with E-state index in [1.807, 2.05) is 42.5 Å². The Bertz CT molecular complexity index is 1200. The van der Waals surface area contributed by atoms with Gasteiger partial charge in [0.2, 0.25) is 12.7 Å². The zero-order valence-corrected chi connectivity index (χ0v) is 21.3. The van der Waals surface area contributed by atoms with E-state index in [4.69, 9.17) is 21.1 Å². The molecule has 2 aliphatic heterocycles. The Morgan fingerprint density at radius 2 is 1.81 bits per heavy atom. The number of carbonyl (C=O) groups is 1. The fourth-order valence-electron chi connectivity index (χ4n) is 4.95. The van der Waals surface area contributed by atoms with Gasteiger partial charge in [-0.1, -0.05) is 59.6 Å². The van der Waals surface area contributed by atoms with Crippen LogP contribution >= 0.6 is 11.6 Å². The van der Waals surface area contributed by atoms with E-state index in [-0.39, 0.29) is 24.8 Å². The Morgan fingerprint density at radius 1 is 1.00 bits per heavy atom. The van der Waals surface area contributed by atoms with Gasteiger partial charge in [-0.2, -0.15) is 0 Å². The van der Waals surface area contributed by atoms with Gasteiger partial charge in [0.05, 0.1) is 6.04 Å². The lowest BCUT2D eigenvalue weighted by atomic mass is 10.1. The minimum Gasteiger partial charge on any atom is -0.454 e. The molecule has 3 aromatic rings. The lowest BCUT2D eigenvalue weighted by molar-refractivity contribution is -0.125. The van der Waals surface area contributed by atoms with Crippen molar-refractivity contribution in [3.63, 3.8) is 0 Å². The second-order valence-electron chi connectivity index (χ2n) is 9.60. The van der Waals surface area contributed by atoms with Crippen LogP contribution in [-0.4, -0.2) is 42.8 Å². The molecule has 1 fully saturated rings. The third-order valence-corrected chi connectivity index (χ3v) is 7.08.